The van der Waals surface area contributed by atoms with Crippen LogP contribution in [0.15, 0.2) is 71.9 Å². The Morgan fingerprint density at radius 2 is 0.603 bits per heavy atom. The van der Waals surface area contributed by atoms with E-state index < -0.39 is 144 Å². The highest BCUT2D eigenvalue weighted by molar-refractivity contribution is 7.80. The molecular weight excluding hydrogens is 917 g/mol. The van der Waals surface area contributed by atoms with Crippen molar-refractivity contribution in [3.63, 3.8) is 0 Å². The average Bonchev–Trinajstić information content (AvgIpc) is 3.26. The Labute approximate surface area is 343 Å². The van der Waals surface area contributed by atoms with Crippen LogP contribution >= 0.6 is 12.6 Å². The summed E-state index contributed by atoms with van der Waals surface area (Å²) >= 11 is 4.57. The van der Waals surface area contributed by atoms with Crippen molar-refractivity contribution >= 4 is 51.4 Å². The zero-order valence-corrected chi connectivity index (χ0v) is 31.0. The topological polar surface area (TPSA) is 3.88 Å². The summed E-state index contributed by atoms with van der Waals surface area (Å²) < 4.78 is 296. The lowest BCUT2D eigenvalue weighted by Crippen LogP contribution is -2.81. The van der Waals surface area contributed by atoms with Gasteiger partial charge in [-0.15, -0.1) is 34.5 Å². The number of nitrogens with zero attached hydrogens (tertiary/aromatic N) is 1. The largest absolute Gasteiger partial charge is 0.207 e. The van der Waals surface area contributed by atoms with Crippen LogP contribution in [0.3, 0.4) is 0 Å². The Bertz CT molecular complexity index is 2620. The van der Waals surface area contributed by atoms with E-state index in [1.54, 1.807) is 0 Å². The Kier molecular flexibility index (Phi) is 12.6. The minimum atomic E-state index is -7.22. The van der Waals surface area contributed by atoms with Gasteiger partial charge in [0, 0.05) is 16.3 Å². The molecule has 0 aliphatic heterocycles. The van der Waals surface area contributed by atoms with Crippen LogP contribution in [0.2, 0.25) is 0 Å². The number of fused-ring (bicyclic) bond motifs is 1. The summed E-state index contributed by atoms with van der Waals surface area (Å²) in [4.78, 5) is 1.02. The van der Waals surface area contributed by atoms with E-state index in [9.17, 15) is 52.7 Å². The van der Waals surface area contributed by atoms with E-state index in [1.165, 1.54) is 16.3 Å². The monoisotopic (exact) mass is 931 g/mol. The number of rotatable bonds is 6. The summed E-state index contributed by atoms with van der Waals surface area (Å²) in [5.41, 5.74) is -13.0. The average molecular weight is 931 g/mol. The predicted octanol–water partition coefficient (Wildman–Crippen LogP) is 9.31. The first-order valence-electron chi connectivity index (χ1n) is 16.9. The molecule has 0 N–H and O–H groups in total. The van der Waals surface area contributed by atoms with Crippen LogP contribution in [-0.2, 0) is 6.54 Å². The molecule has 0 aliphatic carbocycles. The van der Waals surface area contributed by atoms with Crippen molar-refractivity contribution in [3.8, 4) is 0 Å². The summed E-state index contributed by atoms with van der Waals surface area (Å²) in [6.45, 7) is 0.874. The predicted molar refractivity (Wildman–Crippen MR) is 186 cm³/mol. The molecule has 23 heteroatoms. The van der Waals surface area contributed by atoms with Crippen molar-refractivity contribution in [3.05, 3.63) is 189 Å². The molecule has 1 heterocycles. The zero-order chi connectivity index (χ0) is 46.7. The van der Waals surface area contributed by atoms with Gasteiger partial charge >= 0.3 is 0 Å². The molecule has 328 valence electrons. The number of thiol groups is 1. The molecule has 0 saturated heterocycles. The fourth-order valence-electron chi connectivity index (χ4n) is 7.05. The van der Waals surface area contributed by atoms with Crippen molar-refractivity contribution in [2.45, 2.75) is 11.4 Å². The van der Waals surface area contributed by atoms with Gasteiger partial charge in [0.2, 0.25) is 0 Å². The molecule has 7 aromatic rings. The first kappa shape index (κ1) is 46.3. The summed E-state index contributed by atoms with van der Waals surface area (Å²) in [5.74, 6) is -71.4. The lowest BCUT2D eigenvalue weighted by atomic mass is 9.12. The Hall–Kier alpha value is -6.26. The molecule has 0 saturated carbocycles. The maximum absolute atomic E-state index is 15.4. The fraction of sp³-hybridized carbons (Fsp3) is 0.0250. The number of pyridine rings is 1. The van der Waals surface area contributed by atoms with Gasteiger partial charge in [0.15, 0.2) is 88.7 Å². The van der Waals surface area contributed by atoms with Crippen molar-refractivity contribution in [1.82, 2.24) is 0 Å². The number of halogens is 20. The van der Waals surface area contributed by atoms with Gasteiger partial charge in [0.1, 0.15) is 52.7 Å². The van der Waals surface area contributed by atoms with Crippen LogP contribution in [0.25, 0.3) is 10.8 Å². The normalized spacial score (nSPS) is 11.6. The molecule has 1 nitrogen and oxygen atoms in total. The lowest BCUT2D eigenvalue weighted by molar-refractivity contribution is -0.688. The first-order chi connectivity index (χ1) is 29.5. The fourth-order valence-corrected chi connectivity index (χ4v) is 7.40. The molecule has 0 atom stereocenters. The van der Waals surface area contributed by atoms with E-state index in [0.717, 1.165) is 11.4 Å². The second kappa shape index (κ2) is 17.1. The van der Waals surface area contributed by atoms with Crippen LogP contribution in [0.4, 0.5) is 87.8 Å². The van der Waals surface area contributed by atoms with Gasteiger partial charge in [-0.25, -0.2) is 87.8 Å². The van der Waals surface area contributed by atoms with Gasteiger partial charge in [0.25, 0.3) is 0 Å². The van der Waals surface area contributed by atoms with Crippen LogP contribution in [0.5, 0.6) is 0 Å². The molecule has 1 aromatic heterocycles. The smallest absolute Gasteiger partial charge is 0.200 e. The highest BCUT2D eigenvalue weighted by atomic mass is 32.1. The summed E-state index contributed by atoms with van der Waals surface area (Å²) in [7, 11) is 0. The number of hydrogen-bond acceptors (Lipinski definition) is 1. The highest BCUT2D eigenvalue weighted by Crippen LogP contribution is 2.31. The third-order valence-electron chi connectivity index (χ3n) is 9.74. The Morgan fingerprint density at radius 1 is 0.333 bits per heavy atom. The summed E-state index contributed by atoms with van der Waals surface area (Å²) in [6, 6.07) is 18.8. The van der Waals surface area contributed by atoms with Gasteiger partial charge in [0.05, 0.1) is 4.90 Å². The molecule has 7 rings (SSSR count). The Balaban J connectivity index is 0.000000302. The zero-order valence-electron chi connectivity index (χ0n) is 30.1. The molecule has 0 fully saturated rings. The van der Waals surface area contributed by atoms with Crippen LogP contribution in [0.1, 0.15) is 5.56 Å². The van der Waals surface area contributed by atoms with E-state index in [0.29, 0.717) is 0 Å². The maximum atomic E-state index is 15.4. The maximum Gasteiger partial charge on any atom is 0.200 e. The second-order valence-corrected chi connectivity index (χ2v) is 13.7. The van der Waals surface area contributed by atoms with Crippen molar-refractivity contribution in [2.24, 2.45) is 0 Å². The molecule has 0 unspecified atom stereocenters. The van der Waals surface area contributed by atoms with E-state index in [1.807, 2.05) is 12.1 Å². The molecule has 0 spiro atoms. The van der Waals surface area contributed by atoms with Crippen molar-refractivity contribution < 1.29 is 92.4 Å². The first-order valence-corrected chi connectivity index (χ1v) is 17.4. The number of hydrogen-bond donors (Lipinski definition) is 1. The third kappa shape index (κ3) is 7.28. The van der Waals surface area contributed by atoms with Gasteiger partial charge < -0.3 is 0 Å². The molecule has 0 radical (unpaired) electrons. The second-order valence-electron chi connectivity index (χ2n) is 13.2. The SMILES string of the molecule is Fc1c(F)c(F)c([B-](c2c(F)c(F)c(F)c(F)c2F)(c2c(F)c(F)c(F)c(F)c2F)c2c(F)c(F)c(F)c(F)c2F)c(F)c1F.Sc1c[n+](Cc2ccccc2)cc2ccccc12. The van der Waals surface area contributed by atoms with Crippen LogP contribution in [0, 0.1) is 116 Å². The minimum Gasteiger partial charge on any atom is -0.207 e. The van der Waals surface area contributed by atoms with Gasteiger partial charge in [-0.2, -0.15) is 4.57 Å². The quantitative estimate of drug-likeness (QED) is 0.0424. The van der Waals surface area contributed by atoms with Gasteiger partial charge in [-0.3, -0.25) is 0 Å². The highest BCUT2D eigenvalue weighted by Gasteiger charge is 2.52. The molecule has 0 amide bonds. The van der Waals surface area contributed by atoms with Gasteiger partial charge in [-0.05, 0) is 6.07 Å². The minimum absolute atomic E-state index is 0.874. The standard InChI is InChI=1S/C24BF20.C16H13NS/c26-5-1(6(27)14(35)21(42)13(5)34)25(2-7(28)15(36)22(43)16(37)8(2)29,3-9(30)17(38)23(44)18(39)10(3)31)4-11(32)19(40)24(45)20(41)12(4)33;18-16-12-17(10-13-6-2-1-3-7-13)11-14-8-4-5-9-15(14)16/h;1-9,11-12H,10H2/q-1;/p+1. The third-order valence-corrected chi connectivity index (χ3v) is 10.1. The number of aromatic nitrogens is 1. The van der Waals surface area contributed by atoms with E-state index in [2.05, 4.69) is 72.1 Å². The molecule has 0 aliphatic rings. The molecule has 63 heavy (non-hydrogen) atoms. The Morgan fingerprint density at radius 3 is 0.921 bits per heavy atom. The number of benzene rings is 6. The molecule has 6 aromatic carbocycles. The molecule has 0 bridgehead atoms. The summed E-state index contributed by atoms with van der Waals surface area (Å²) in [6.07, 6.45) is -2.97. The van der Waals surface area contributed by atoms with Gasteiger partial charge in [-0.1, -0.05) is 48.5 Å². The van der Waals surface area contributed by atoms with E-state index >= 15 is 35.1 Å². The van der Waals surface area contributed by atoms with Crippen molar-refractivity contribution in [1.29, 1.82) is 0 Å². The van der Waals surface area contributed by atoms with E-state index in [4.69, 9.17) is 0 Å². The van der Waals surface area contributed by atoms with Crippen molar-refractivity contribution in [2.75, 3.05) is 0 Å². The lowest BCUT2D eigenvalue weighted by Gasteiger charge is -2.44. The molecular formula is C40H14BF20NS. The van der Waals surface area contributed by atoms with Crippen LogP contribution in [-0.4, -0.2) is 6.15 Å². The van der Waals surface area contributed by atoms with E-state index in [-0.39, 0.29) is 0 Å². The van der Waals surface area contributed by atoms with Crippen LogP contribution < -0.4 is 26.4 Å². The summed E-state index contributed by atoms with van der Waals surface area (Å²) in [5, 5.41) is 2.42.